The first-order valence-electron chi connectivity index (χ1n) is 12.9. The van der Waals surface area contributed by atoms with Crippen molar-refractivity contribution in [2.45, 2.75) is 25.3 Å². The summed E-state index contributed by atoms with van der Waals surface area (Å²) < 4.78 is 21.2. The van der Waals surface area contributed by atoms with Gasteiger partial charge < -0.3 is 15.1 Å². The van der Waals surface area contributed by atoms with Crippen molar-refractivity contribution in [3.63, 3.8) is 0 Å². The van der Waals surface area contributed by atoms with Gasteiger partial charge in [-0.25, -0.2) is 4.39 Å². The van der Waals surface area contributed by atoms with Crippen LogP contribution in [0.15, 0.2) is 95.4 Å². The molecule has 1 aliphatic rings. The average molecular weight is 519 g/mol. The normalized spacial score (nSPS) is 13.7. The van der Waals surface area contributed by atoms with Gasteiger partial charge in [0.2, 0.25) is 0 Å². The largest absolute Gasteiger partial charge is 0.455 e. The molecule has 0 spiro atoms. The molecule has 1 aromatic heterocycles. The van der Waals surface area contributed by atoms with Crippen LogP contribution in [0.5, 0.6) is 0 Å². The zero-order valence-corrected chi connectivity index (χ0v) is 21.7. The predicted molar refractivity (Wildman–Crippen MR) is 150 cm³/mol. The fraction of sp³-hybridized carbons (Fsp3) is 0.152. The van der Waals surface area contributed by atoms with Gasteiger partial charge in [-0.3, -0.25) is 9.59 Å². The third kappa shape index (κ3) is 4.48. The first-order chi connectivity index (χ1) is 18.9. The van der Waals surface area contributed by atoms with E-state index in [0.29, 0.717) is 33.4 Å². The van der Waals surface area contributed by atoms with Gasteiger partial charge in [0.05, 0.1) is 11.1 Å². The molecule has 6 heteroatoms. The van der Waals surface area contributed by atoms with Crippen molar-refractivity contribution < 1.29 is 18.4 Å². The molecule has 0 atom stereocenters. The predicted octanol–water partition coefficient (Wildman–Crippen LogP) is 6.99. The van der Waals surface area contributed by atoms with Crippen LogP contribution in [0.2, 0.25) is 0 Å². The van der Waals surface area contributed by atoms with Gasteiger partial charge in [-0.1, -0.05) is 66.2 Å². The van der Waals surface area contributed by atoms with E-state index in [4.69, 9.17) is 4.42 Å². The van der Waals surface area contributed by atoms with Crippen LogP contribution in [0.25, 0.3) is 33.4 Å². The molecule has 5 nitrogen and oxygen atoms in total. The third-order valence-corrected chi connectivity index (χ3v) is 7.42. The van der Waals surface area contributed by atoms with Gasteiger partial charge in [0, 0.05) is 29.1 Å². The van der Waals surface area contributed by atoms with E-state index in [0.717, 1.165) is 29.5 Å². The van der Waals surface area contributed by atoms with Crippen molar-refractivity contribution in [1.82, 2.24) is 10.6 Å². The summed E-state index contributed by atoms with van der Waals surface area (Å²) in [6.45, 7) is 1.99. The van der Waals surface area contributed by atoms with Crippen LogP contribution in [0.1, 0.15) is 44.7 Å². The van der Waals surface area contributed by atoms with Crippen molar-refractivity contribution >= 4 is 22.8 Å². The number of hydrogen-bond donors (Lipinski definition) is 2. The molecular weight excluding hydrogens is 491 g/mol. The minimum absolute atomic E-state index is 0.255. The Labute approximate surface area is 225 Å². The first kappa shape index (κ1) is 24.6. The molecule has 6 rings (SSSR count). The summed E-state index contributed by atoms with van der Waals surface area (Å²) in [5.74, 6) is -0.565. The Kier molecular flexibility index (Phi) is 6.03. The summed E-state index contributed by atoms with van der Waals surface area (Å²) in [5.41, 5.74) is 4.63. The lowest BCUT2D eigenvalue weighted by Gasteiger charge is -2.18. The van der Waals surface area contributed by atoms with E-state index in [1.54, 1.807) is 31.3 Å². The molecule has 1 heterocycles. The highest BCUT2D eigenvalue weighted by Crippen LogP contribution is 2.45. The molecule has 0 unspecified atom stereocenters. The first-order valence-corrected chi connectivity index (χ1v) is 12.9. The molecule has 2 N–H and O–H groups in total. The molecule has 0 saturated heterocycles. The second-order valence-corrected chi connectivity index (χ2v) is 10.1. The number of aryl methyl sites for hydroxylation is 1. The lowest BCUT2D eigenvalue weighted by molar-refractivity contribution is 0.0929. The lowest BCUT2D eigenvalue weighted by atomic mass is 9.98. The van der Waals surface area contributed by atoms with Crippen LogP contribution in [0, 0.1) is 12.7 Å². The fourth-order valence-corrected chi connectivity index (χ4v) is 5.07. The second-order valence-electron chi connectivity index (χ2n) is 10.1. The Morgan fingerprint density at radius 3 is 2.26 bits per heavy atom. The molecular formula is C33H27FN2O3. The quantitative estimate of drug-likeness (QED) is 0.254. The van der Waals surface area contributed by atoms with Gasteiger partial charge in [-0.05, 0) is 61.2 Å². The number of nitrogens with one attached hydrogen (secondary N) is 2. The molecule has 1 fully saturated rings. The van der Waals surface area contributed by atoms with Crippen molar-refractivity contribution in [3.8, 4) is 22.5 Å². The molecule has 1 saturated carbocycles. The zero-order chi connectivity index (χ0) is 27.1. The highest BCUT2D eigenvalue weighted by Gasteiger charge is 2.45. The number of carbonyl (C=O) groups excluding carboxylic acids is 2. The van der Waals surface area contributed by atoms with E-state index in [2.05, 4.69) is 10.6 Å². The Morgan fingerprint density at radius 1 is 0.846 bits per heavy atom. The highest BCUT2D eigenvalue weighted by atomic mass is 19.1. The van der Waals surface area contributed by atoms with Gasteiger partial charge in [0.1, 0.15) is 17.2 Å². The maximum absolute atomic E-state index is 15.1. The highest BCUT2D eigenvalue weighted by molar-refractivity contribution is 6.12. The number of benzene rings is 4. The average Bonchev–Trinajstić information content (AvgIpc) is 3.65. The number of amides is 2. The van der Waals surface area contributed by atoms with Gasteiger partial charge in [0.25, 0.3) is 11.8 Å². The molecule has 0 radical (unpaired) electrons. The number of rotatable bonds is 6. The maximum atomic E-state index is 15.1. The summed E-state index contributed by atoms with van der Waals surface area (Å²) in [6.07, 6.45) is 1.72. The Morgan fingerprint density at radius 2 is 1.56 bits per heavy atom. The molecule has 194 valence electrons. The van der Waals surface area contributed by atoms with Gasteiger partial charge in [0.15, 0.2) is 0 Å². The van der Waals surface area contributed by atoms with Crippen LogP contribution >= 0.6 is 0 Å². The maximum Gasteiger partial charge on any atom is 0.255 e. The van der Waals surface area contributed by atoms with E-state index in [1.807, 2.05) is 61.5 Å². The zero-order valence-electron chi connectivity index (χ0n) is 21.7. The number of halogens is 1. The van der Waals surface area contributed by atoms with Crippen LogP contribution < -0.4 is 10.6 Å². The van der Waals surface area contributed by atoms with Gasteiger partial charge in [-0.15, -0.1) is 0 Å². The lowest BCUT2D eigenvalue weighted by Crippen LogP contribution is -2.34. The summed E-state index contributed by atoms with van der Waals surface area (Å²) >= 11 is 0. The van der Waals surface area contributed by atoms with E-state index >= 15 is 4.39 Å². The number of carbonyl (C=O) groups is 2. The summed E-state index contributed by atoms with van der Waals surface area (Å²) in [7, 11) is 1.56. The molecule has 2 amide bonds. The third-order valence-electron chi connectivity index (χ3n) is 7.42. The molecule has 0 bridgehead atoms. The van der Waals surface area contributed by atoms with E-state index in [-0.39, 0.29) is 22.9 Å². The van der Waals surface area contributed by atoms with E-state index in [9.17, 15) is 9.59 Å². The van der Waals surface area contributed by atoms with E-state index in [1.165, 1.54) is 12.1 Å². The summed E-state index contributed by atoms with van der Waals surface area (Å²) in [4.78, 5) is 26.2. The molecule has 1 aliphatic carbocycles. The van der Waals surface area contributed by atoms with Crippen LogP contribution in [-0.2, 0) is 5.54 Å². The Balaban J connectivity index is 1.39. The summed E-state index contributed by atoms with van der Waals surface area (Å²) in [5, 5.41) is 6.41. The second kappa shape index (κ2) is 9.55. The molecule has 39 heavy (non-hydrogen) atoms. The van der Waals surface area contributed by atoms with Gasteiger partial charge >= 0.3 is 0 Å². The standard InChI is InChI=1S/C33H27FN2O3/c1-20-8-10-21(11-9-20)30-29(32(38)35-2)26-18-22(13-15-28(26)39-30)25-19-23(12-14-27(25)34)31(37)36-33(16-17-33)24-6-4-3-5-7-24/h3-15,18-19H,16-17H2,1-2H3,(H,35,38)(H,36,37). The Bertz CT molecular complexity index is 1720. The number of fused-ring (bicyclic) bond motifs is 1. The summed E-state index contributed by atoms with van der Waals surface area (Å²) in [6, 6.07) is 27.2. The van der Waals surface area contributed by atoms with Crippen molar-refractivity contribution in [3.05, 3.63) is 119 Å². The van der Waals surface area contributed by atoms with Crippen molar-refractivity contribution in [2.75, 3.05) is 7.05 Å². The number of furan rings is 1. The topological polar surface area (TPSA) is 71.3 Å². The van der Waals surface area contributed by atoms with Crippen molar-refractivity contribution in [1.29, 1.82) is 0 Å². The SMILES string of the molecule is CNC(=O)c1c(-c2ccc(C)cc2)oc2ccc(-c3cc(C(=O)NC4(c5ccccc5)CC4)ccc3F)cc12. The van der Waals surface area contributed by atoms with Gasteiger partial charge in [-0.2, -0.15) is 0 Å². The molecule has 0 aliphatic heterocycles. The van der Waals surface area contributed by atoms with Crippen LogP contribution in [0.4, 0.5) is 4.39 Å². The fourth-order valence-electron chi connectivity index (χ4n) is 5.07. The smallest absolute Gasteiger partial charge is 0.255 e. The molecule has 5 aromatic rings. The van der Waals surface area contributed by atoms with Crippen LogP contribution in [-0.4, -0.2) is 18.9 Å². The Hall–Kier alpha value is -4.71. The minimum atomic E-state index is -0.459. The number of hydrogen-bond acceptors (Lipinski definition) is 3. The van der Waals surface area contributed by atoms with Crippen molar-refractivity contribution in [2.24, 2.45) is 0 Å². The minimum Gasteiger partial charge on any atom is -0.455 e. The van der Waals surface area contributed by atoms with E-state index < -0.39 is 5.82 Å². The monoisotopic (exact) mass is 518 g/mol. The van der Waals surface area contributed by atoms with Crippen LogP contribution in [0.3, 0.4) is 0 Å². The molecule has 4 aromatic carbocycles.